The van der Waals surface area contributed by atoms with Crippen molar-refractivity contribution in [2.45, 2.75) is 26.2 Å². The number of nitrogens with zero attached hydrogens (tertiary/aromatic N) is 4. The van der Waals surface area contributed by atoms with E-state index >= 15 is 0 Å². The zero-order chi connectivity index (χ0) is 12.3. The fourth-order valence-corrected chi connectivity index (χ4v) is 1.20. The molecule has 0 saturated heterocycles. The van der Waals surface area contributed by atoms with Crippen LogP contribution in [0.5, 0.6) is 11.8 Å². The van der Waals surface area contributed by atoms with Crippen LogP contribution in [0, 0.1) is 0 Å². The summed E-state index contributed by atoms with van der Waals surface area (Å²) >= 11 is 0. The van der Waals surface area contributed by atoms with E-state index in [0.717, 1.165) is 5.69 Å². The maximum atomic E-state index is 5.40. The van der Waals surface area contributed by atoms with Crippen LogP contribution in [0.1, 0.15) is 26.5 Å². The smallest absolute Gasteiger partial charge is 0.239 e. The number of hydrogen-bond donors (Lipinski definition) is 0. The lowest BCUT2D eigenvalue weighted by Crippen LogP contribution is -2.13. The van der Waals surface area contributed by atoms with Crippen molar-refractivity contribution in [3.8, 4) is 11.8 Å². The van der Waals surface area contributed by atoms with Gasteiger partial charge in [-0.25, -0.2) is 9.97 Å². The molecule has 0 aliphatic rings. The number of hydrogen-bond acceptors (Lipinski definition) is 5. The van der Waals surface area contributed by atoms with Crippen LogP contribution < -0.4 is 4.74 Å². The quantitative estimate of drug-likeness (QED) is 0.792. The molecule has 0 atom stereocenters. The molecule has 0 radical (unpaired) electrons. The lowest BCUT2D eigenvalue weighted by molar-refractivity contribution is 0.436. The number of ether oxygens (including phenoxy) is 1. The Morgan fingerprint density at radius 3 is 2.18 bits per heavy atom. The number of rotatable bonds is 2. The van der Waals surface area contributed by atoms with Gasteiger partial charge >= 0.3 is 0 Å². The fourth-order valence-electron chi connectivity index (χ4n) is 1.20. The zero-order valence-electron chi connectivity index (χ0n) is 10.1. The van der Waals surface area contributed by atoms with E-state index in [1.807, 2.05) is 0 Å². The van der Waals surface area contributed by atoms with Crippen molar-refractivity contribution in [3.05, 3.63) is 36.7 Å². The Kier molecular flexibility index (Phi) is 2.99. The Balaban J connectivity index is 2.14. The van der Waals surface area contributed by atoms with E-state index in [1.165, 1.54) is 6.20 Å². The second-order valence-corrected chi connectivity index (χ2v) is 4.64. The average molecular weight is 230 g/mol. The van der Waals surface area contributed by atoms with E-state index in [0.29, 0.717) is 11.8 Å². The predicted molar refractivity (Wildman–Crippen MR) is 62.8 cm³/mol. The summed E-state index contributed by atoms with van der Waals surface area (Å²) in [7, 11) is 0. The van der Waals surface area contributed by atoms with Crippen LogP contribution in [0.3, 0.4) is 0 Å². The summed E-state index contributed by atoms with van der Waals surface area (Å²) in [5, 5.41) is 0. The molecule has 17 heavy (non-hydrogen) atoms. The third-order valence-corrected chi connectivity index (χ3v) is 2.15. The van der Waals surface area contributed by atoms with Crippen molar-refractivity contribution >= 4 is 0 Å². The molecule has 0 fully saturated rings. The molecule has 0 saturated carbocycles. The summed E-state index contributed by atoms with van der Waals surface area (Å²) in [6, 6.07) is 0. The molecule has 2 aromatic heterocycles. The molecule has 0 aliphatic carbocycles. The highest BCUT2D eigenvalue weighted by molar-refractivity contribution is 5.17. The fraction of sp³-hybridized carbons (Fsp3) is 0.333. The second kappa shape index (κ2) is 4.45. The van der Waals surface area contributed by atoms with E-state index in [1.54, 1.807) is 24.8 Å². The Morgan fingerprint density at radius 1 is 0.882 bits per heavy atom. The van der Waals surface area contributed by atoms with E-state index in [-0.39, 0.29) is 5.41 Å². The third kappa shape index (κ3) is 2.96. The standard InChI is InChI=1S/C12H14N4O/c1-12(2,3)9-6-16-11(8-15-9)17-10-7-13-4-5-14-10/h4-8H,1-3H3. The molecule has 88 valence electrons. The van der Waals surface area contributed by atoms with Crippen molar-refractivity contribution in [1.29, 1.82) is 0 Å². The second-order valence-electron chi connectivity index (χ2n) is 4.64. The van der Waals surface area contributed by atoms with Gasteiger partial charge in [0, 0.05) is 17.8 Å². The van der Waals surface area contributed by atoms with Crippen LogP contribution in [0.4, 0.5) is 0 Å². The first-order valence-corrected chi connectivity index (χ1v) is 5.32. The van der Waals surface area contributed by atoms with E-state index in [4.69, 9.17) is 4.74 Å². The highest BCUT2D eigenvalue weighted by Gasteiger charge is 2.15. The summed E-state index contributed by atoms with van der Waals surface area (Å²) in [5.74, 6) is 0.823. The minimum Gasteiger partial charge on any atom is -0.417 e. The van der Waals surface area contributed by atoms with Gasteiger partial charge in [0.1, 0.15) is 0 Å². The van der Waals surface area contributed by atoms with Crippen LogP contribution in [-0.4, -0.2) is 19.9 Å². The van der Waals surface area contributed by atoms with E-state index < -0.39 is 0 Å². The third-order valence-electron chi connectivity index (χ3n) is 2.15. The van der Waals surface area contributed by atoms with Crippen molar-refractivity contribution < 1.29 is 4.74 Å². The lowest BCUT2D eigenvalue weighted by atomic mass is 9.93. The summed E-state index contributed by atoms with van der Waals surface area (Å²) < 4.78 is 5.40. The molecule has 2 rings (SSSR count). The molecule has 0 aromatic carbocycles. The summed E-state index contributed by atoms with van der Waals surface area (Å²) in [5.41, 5.74) is 0.905. The Bertz CT molecular complexity index is 476. The van der Waals surface area contributed by atoms with Gasteiger partial charge in [0.25, 0.3) is 0 Å². The molecule has 0 N–H and O–H groups in total. The highest BCUT2D eigenvalue weighted by atomic mass is 16.5. The van der Waals surface area contributed by atoms with Crippen molar-refractivity contribution in [2.75, 3.05) is 0 Å². The Hall–Kier alpha value is -2.04. The molecule has 2 heterocycles. The van der Waals surface area contributed by atoms with Gasteiger partial charge in [-0.2, -0.15) is 0 Å². The van der Waals surface area contributed by atoms with Crippen LogP contribution in [-0.2, 0) is 5.41 Å². The average Bonchev–Trinajstić information content (AvgIpc) is 2.30. The van der Waals surface area contributed by atoms with E-state index in [9.17, 15) is 0 Å². The molecular weight excluding hydrogens is 216 g/mol. The molecule has 0 unspecified atom stereocenters. The van der Waals surface area contributed by atoms with Crippen molar-refractivity contribution in [2.24, 2.45) is 0 Å². The van der Waals surface area contributed by atoms with Gasteiger partial charge in [-0.05, 0) is 0 Å². The van der Waals surface area contributed by atoms with Crippen molar-refractivity contribution in [1.82, 2.24) is 19.9 Å². The van der Waals surface area contributed by atoms with Crippen LogP contribution in [0.15, 0.2) is 31.0 Å². The molecular formula is C12H14N4O. The van der Waals surface area contributed by atoms with Gasteiger partial charge in [-0.3, -0.25) is 9.97 Å². The summed E-state index contributed by atoms with van der Waals surface area (Å²) in [6.07, 6.45) is 7.98. The largest absolute Gasteiger partial charge is 0.417 e. The van der Waals surface area contributed by atoms with Crippen LogP contribution >= 0.6 is 0 Å². The maximum Gasteiger partial charge on any atom is 0.239 e. The summed E-state index contributed by atoms with van der Waals surface area (Å²) in [6.45, 7) is 6.25. The van der Waals surface area contributed by atoms with Gasteiger partial charge in [0.2, 0.25) is 11.8 Å². The highest BCUT2D eigenvalue weighted by Crippen LogP contribution is 2.21. The minimum absolute atomic E-state index is 0.0158. The lowest BCUT2D eigenvalue weighted by Gasteiger charge is -2.16. The predicted octanol–water partition coefficient (Wildman–Crippen LogP) is 2.36. The zero-order valence-corrected chi connectivity index (χ0v) is 10.1. The summed E-state index contributed by atoms with van der Waals surface area (Å²) in [4.78, 5) is 16.4. The molecule has 2 aromatic rings. The SMILES string of the molecule is CC(C)(C)c1cnc(Oc2cnccn2)cn1. The first-order chi connectivity index (χ1) is 8.05. The van der Waals surface area contributed by atoms with Gasteiger partial charge in [-0.15, -0.1) is 0 Å². The first kappa shape index (κ1) is 11.4. The number of aromatic nitrogens is 4. The Labute approximate surface area is 99.9 Å². The molecule has 0 spiro atoms. The molecule has 0 aliphatic heterocycles. The van der Waals surface area contributed by atoms with Gasteiger partial charge in [0.05, 0.1) is 24.3 Å². The monoisotopic (exact) mass is 230 g/mol. The van der Waals surface area contributed by atoms with Gasteiger partial charge in [0.15, 0.2) is 0 Å². The van der Waals surface area contributed by atoms with Gasteiger partial charge < -0.3 is 4.74 Å². The van der Waals surface area contributed by atoms with Crippen LogP contribution in [0.2, 0.25) is 0 Å². The molecule has 5 nitrogen and oxygen atoms in total. The Morgan fingerprint density at radius 2 is 1.65 bits per heavy atom. The van der Waals surface area contributed by atoms with Gasteiger partial charge in [-0.1, -0.05) is 20.8 Å². The van der Waals surface area contributed by atoms with E-state index in [2.05, 4.69) is 40.7 Å². The minimum atomic E-state index is -0.0158. The molecule has 0 amide bonds. The maximum absolute atomic E-state index is 5.40. The molecule has 5 heteroatoms. The topological polar surface area (TPSA) is 60.8 Å². The first-order valence-electron chi connectivity index (χ1n) is 5.32. The normalized spacial score (nSPS) is 11.2. The van der Waals surface area contributed by atoms with Crippen LogP contribution in [0.25, 0.3) is 0 Å². The van der Waals surface area contributed by atoms with Crippen molar-refractivity contribution in [3.63, 3.8) is 0 Å². The molecule has 0 bridgehead atoms.